The number of benzene rings is 2. The van der Waals surface area contributed by atoms with Crippen molar-refractivity contribution in [3.05, 3.63) is 82.7 Å². The summed E-state index contributed by atoms with van der Waals surface area (Å²) in [6.45, 7) is 4.76. The first-order chi connectivity index (χ1) is 16.5. The molecule has 0 radical (unpaired) electrons. The average Bonchev–Trinajstić information content (AvgIpc) is 3.17. The zero-order valence-corrected chi connectivity index (χ0v) is 19.5. The fraction of sp³-hybridized carbons (Fsp3) is 0.407. The Kier molecular flexibility index (Phi) is 6.46. The SMILES string of the molecule is CCN(Cc1nn(-c2ccccc2)c2c1CN(Cc1cc(F)ccc1F)CC2)C(=O)C1CCC1. The second-order valence-corrected chi connectivity index (χ2v) is 9.30. The summed E-state index contributed by atoms with van der Waals surface area (Å²) in [4.78, 5) is 17.0. The maximum absolute atomic E-state index is 14.3. The van der Waals surface area contributed by atoms with Gasteiger partial charge in [-0.15, -0.1) is 0 Å². The van der Waals surface area contributed by atoms with Gasteiger partial charge in [0.1, 0.15) is 11.6 Å². The van der Waals surface area contributed by atoms with Crippen LogP contribution in [0.15, 0.2) is 48.5 Å². The number of aromatic nitrogens is 2. The Balaban J connectivity index is 1.45. The van der Waals surface area contributed by atoms with E-state index in [2.05, 4.69) is 4.90 Å². The highest BCUT2D eigenvalue weighted by Crippen LogP contribution is 2.31. The third-order valence-electron chi connectivity index (χ3n) is 7.11. The highest BCUT2D eigenvalue weighted by Gasteiger charge is 2.31. The van der Waals surface area contributed by atoms with Crippen LogP contribution in [0.1, 0.15) is 48.7 Å². The number of halogens is 2. The summed E-state index contributed by atoms with van der Waals surface area (Å²) in [5.41, 5.74) is 4.45. The first kappa shape index (κ1) is 22.7. The van der Waals surface area contributed by atoms with Crippen molar-refractivity contribution in [1.82, 2.24) is 19.6 Å². The summed E-state index contributed by atoms with van der Waals surface area (Å²) < 4.78 is 30.0. The monoisotopic (exact) mass is 464 g/mol. The number of rotatable bonds is 7. The minimum Gasteiger partial charge on any atom is -0.337 e. The lowest BCUT2D eigenvalue weighted by atomic mass is 9.84. The maximum atomic E-state index is 14.3. The quantitative estimate of drug-likeness (QED) is 0.502. The van der Waals surface area contributed by atoms with Crippen LogP contribution in [-0.4, -0.2) is 38.6 Å². The van der Waals surface area contributed by atoms with E-state index in [0.29, 0.717) is 31.7 Å². The molecule has 3 aromatic rings. The normalized spacial score (nSPS) is 16.2. The van der Waals surface area contributed by atoms with Gasteiger partial charge in [0.05, 0.1) is 23.6 Å². The van der Waals surface area contributed by atoms with Crippen LogP contribution in [0.5, 0.6) is 0 Å². The molecule has 2 aliphatic rings. The summed E-state index contributed by atoms with van der Waals surface area (Å²) in [6.07, 6.45) is 3.81. The fourth-order valence-electron chi connectivity index (χ4n) is 4.93. The van der Waals surface area contributed by atoms with Crippen LogP contribution in [0.2, 0.25) is 0 Å². The Morgan fingerprint density at radius 1 is 1.15 bits per heavy atom. The van der Waals surface area contributed by atoms with Crippen LogP contribution >= 0.6 is 0 Å². The van der Waals surface area contributed by atoms with Crippen LogP contribution in [0.25, 0.3) is 5.69 Å². The minimum atomic E-state index is -0.431. The topological polar surface area (TPSA) is 41.4 Å². The number of para-hydroxylation sites is 1. The molecule has 1 amide bonds. The number of fused-ring (bicyclic) bond motifs is 1. The van der Waals surface area contributed by atoms with E-state index < -0.39 is 11.6 Å². The highest BCUT2D eigenvalue weighted by molar-refractivity contribution is 5.79. The van der Waals surface area contributed by atoms with Gasteiger partial charge in [-0.2, -0.15) is 5.10 Å². The molecule has 1 aliphatic carbocycles. The van der Waals surface area contributed by atoms with Gasteiger partial charge in [-0.25, -0.2) is 13.5 Å². The maximum Gasteiger partial charge on any atom is 0.226 e. The van der Waals surface area contributed by atoms with Crippen molar-refractivity contribution in [3.63, 3.8) is 0 Å². The van der Waals surface area contributed by atoms with E-state index in [9.17, 15) is 13.6 Å². The van der Waals surface area contributed by atoms with Gasteiger partial charge in [-0.3, -0.25) is 9.69 Å². The molecular formula is C27H30F2N4O. The summed E-state index contributed by atoms with van der Waals surface area (Å²) in [7, 11) is 0. The van der Waals surface area contributed by atoms with Gasteiger partial charge < -0.3 is 4.90 Å². The van der Waals surface area contributed by atoms with Crippen LogP contribution in [0.4, 0.5) is 8.78 Å². The fourth-order valence-corrected chi connectivity index (χ4v) is 4.93. The van der Waals surface area contributed by atoms with Crippen LogP contribution in [0, 0.1) is 17.6 Å². The number of carbonyl (C=O) groups excluding carboxylic acids is 1. The van der Waals surface area contributed by atoms with Crippen molar-refractivity contribution in [2.75, 3.05) is 13.1 Å². The van der Waals surface area contributed by atoms with Gasteiger partial charge in [0, 0.05) is 49.6 Å². The molecule has 0 unspecified atom stereocenters. The van der Waals surface area contributed by atoms with Gasteiger partial charge in [0.25, 0.3) is 0 Å². The lowest BCUT2D eigenvalue weighted by molar-refractivity contribution is -0.138. The van der Waals surface area contributed by atoms with E-state index in [-0.39, 0.29) is 11.8 Å². The number of hydrogen-bond donors (Lipinski definition) is 0. The van der Waals surface area contributed by atoms with Crippen molar-refractivity contribution >= 4 is 5.91 Å². The van der Waals surface area contributed by atoms with E-state index in [1.54, 1.807) is 0 Å². The lowest BCUT2D eigenvalue weighted by Crippen LogP contribution is -2.39. The highest BCUT2D eigenvalue weighted by atomic mass is 19.1. The van der Waals surface area contributed by atoms with E-state index in [0.717, 1.165) is 60.9 Å². The van der Waals surface area contributed by atoms with E-state index >= 15 is 0 Å². The third kappa shape index (κ3) is 4.49. The van der Waals surface area contributed by atoms with Gasteiger partial charge in [-0.05, 0) is 50.1 Å². The Labute approximate surface area is 199 Å². The second-order valence-electron chi connectivity index (χ2n) is 9.30. The van der Waals surface area contributed by atoms with Gasteiger partial charge in [0.15, 0.2) is 0 Å². The molecule has 178 valence electrons. The molecule has 7 heteroatoms. The van der Waals surface area contributed by atoms with Gasteiger partial charge in [-0.1, -0.05) is 24.6 Å². The van der Waals surface area contributed by atoms with E-state index in [1.165, 1.54) is 12.1 Å². The molecule has 1 aliphatic heterocycles. The smallest absolute Gasteiger partial charge is 0.226 e. The first-order valence-corrected chi connectivity index (χ1v) is 12.1. The molecule has 0 N–H and O–H groups in total. The molecule has 0 bridgehead atoms. The van der Waals surface area contributed by atoms with Crippen molar-refractivity contribution in [3.8, 4) is 5.69 Å². The molecule has 1 aromatic heterocycles. The zero-order chi connectivity index (χ0) is 23.7. The van der Waals surface area contributed by atoms with Crippen molar-refractivity contribution in [1.29, 1.82) is 0 Å². The second kappa shape index (κ2) is 9.66. The Morgan fingerprint density at radius 3 is 2.65 bits per heavy atom. The summed E-state index contributed by atoms with van der Waals surface area (Å²) in [5, 5.41) is 4.97. The summed E-state index contributed by atoms with van der Waals surface area (Å²) in [5.74, 6) is -0.471. The predicted molar refractivity (Wildman–Crippen MR) is 126 cm³/mol. The largest absolute Gasteiger partial charge is 0.337 e. The van der Waals surface area contributed by atoms with Crippen LogP contribution in [-0.2, 0) is 30.8 Å². The van der Waals surface area contributed by atoms with Crippen LogP contribution < -0.4 is 0 Å². The average molecular weight is 465 g/mol. The minimum absolute atomic E-state index is 0.138. The molecule has 0 spiro atoms. The van der Waals surface area contributed by atoms with E-state index in [1.807, 2.05) is 46.8 Å². The van der Waals surface area contributed by atoms with E-state index in [4.69, 9.17) is 5.10 Å². The predicted octanol–water partition coefficient (Wildman–Crippen LogP) is 4.86. The zero-order valence-electron chi connectivity index (χ0n) is 19.5. The molecule has 34 heavy (non-hydrogen) atoms. The molecule has 1 fully saturated rings. The first-order valence-electron chi connectivity index (χ1n) is 12.1. The molecule has 2 aromatic carbocycles. The van der Waals surface area contributed by atoms with Crippen molar-refractivity contribution in [2.24, 2.45) is 5.92 Å². The Bertz CT molecular complexity index is 1170. The Hall–Kier alpha value is -3.06. The molecule has 1 saturated carbocycles. The summed E-state index contributed by atoms with van der Waals surface area (Å²) in [6, 6.07) is 13.6. The molecule has 0 atom stereocenters. The van der Waals surface area contributed by atoms with Crippen molar-refractivity contribution in [2.45, 2.75) is 52.2 Å². The molecular weight excluding hydrogens is 434 g/mol. The van der Waals surface area contributed by atoms with Gasteiger partial charge >= 0.3 is 0 Å². The lowest BCUT2D eigenvalue weighted by Gasteiger charge is -2.31. The van der Waals surface area contributed by atoms with Gasteiger partial charge in [0.2, 0.25) is 5.91 Å². The Morgan fingerprint density at radius 2 is 1.94 bits per heavy atom. The molecule has 5 rings (SSSR count). The van der Waals surface area contributed by atoms with Crippen molar-refractivity contribution < 1.29 is 13.6 Å². The molecule has 0 saturated heterocycles. The number of hydrogen-bond acceptors (Lipinski definition) is 3. The number of nitrogens with zero attached hydrogens (tertiary/aromatic N) is 4. The standard InChI is InChI=1S/C27H30F2N4O/c1-2-32(27(34)19-7-6-8-19)18-25-23-17-31(16-20-15-21(28)11-12-24(20)29)14-13-26(23)33(30-25)22-9-4-3-5-10-22/h3-5,9-12,15,19H,2,6-8,13-14,16-18H2,1H3. The summed E-state index contributed by atoms with van der Waals surface area (Å²) >= 11 is 0. The molecule has 2 heterocycles. The van der Waals surface area contributed by atoms with Crippen LogP contribution in [0.3, 0.4) is 0 Å². The molecule has 5 nitrogen and oxygen atoms in total. The number of carbonyl (C=O) groups is 1. The third-order valence-corrected chi connectivity index (χ3v) is 7.11. The number of amides is 1.